The normalized spacial score (nSPS) is 16.4. The van der Waals surface area contributed by atoms with Crippen molar-refractivity contribution in [1.82, 2.24) is 10.2 Å². The van der Waals surface area contributed by atoms with E-state index < -0.39 is 5.60 Å². The van der Waals surface area contributed by atoms with Crippen LogP contribution in [0, 0.1) is 5.92 Å². The summed E-state index contributed by atoms with van der Waals surface area (Å²) < 4.78 is 0. The number of nitrogens with zero attached hydrogens (tertiary/aromatic N) is 3. The first-order chi connectivity index (χ1) is 11.4. The predicted molar refractivity (Wildman–Crippen MR) is 94.8 cm³/mol. The number of piperidine rings is 1. The fraction of sp³-hybridized carbons (Fsp3) is 0.444. The van der Waals surface area contributed by atoms with Crippen molar-refractivity contribution in [3.05, 3.63) is 30.3 Å². The third-order valence-electron chi connectivity index (χ3n) is 4.82. The number of hydrogen-bond acceptors (Lipinski definition) is 6. The molecular formula is C18H24N4O2. The van der Waals surface area contributed by atoms with E-state index in [9.17, 15) is 10.2 Å². The number of aliphatic hydroxyl groups is 1. The average Bonchev–Trinajstić information content (AvgIpc) is 2.55. The molecule has 24 heavy (non-hydrogen) atoms. The third kappa shape index (κ3) is 3.28. The van der Waals surface area contributed by atoms with E-state index in [1.165, 1.54) is 0 Å². The molecule has 0 atom stereocenters. The van der Waals surface area contributed by atoms with Crippen LogP contribution in [0.25, 0.3) is 11.3 Å². The zero-order valence-electron chi connectivity index (χ0n) is 14.1. The highest BCUT2D eigenvalue weighted by Gasteiger charge is 2.31. The van der Waals surface area contributed by atoms with Gasteiger partial charge < -0.3 is 20.8 Å². The lowest BCUT2D eigenvalue weighted by molar-refractivity contribution is 0.00652. The SMILES string of the molecule is CC(C)(O)C1CCN(c2cc(-c3ccccc3O)nnc2N)CC1. The van der Waals surface area contributed by atoms with Gasteiger partial charge in [0, 0.05) is 18.7 Å². The molecule has 1 saturated heterocycles. The smallest absolute Gasteiger partial charge is 0.169 e. The summed E-state index contributed by atoms with van der Waals surface area (Å²) in [5.74, 6) is 0.835. The van der Waals surface area contributed by atoms with Crippen molar-refractivity contribution < 1.29 is 10.2 Å². The van der Waals surface area contributed by atoms with Gasteiger partial charge in [0.15, 0.2) is 5.82 Å². The van der Waals surface area contributed by atoms with E-state index in [2.05, 4.69) is 15.1 Å². The van der Waals surface area contributed by atoms with Crippen molar-refractivity contribution in [2.24, 2.45) is 5.92 Å². The minimum Gasteiger partial charge on any atom is -0.507 e. The minimum absolute atomic E-state index is 0.170. The van der Waals surface area contributed by atoms with Gasteiger partial charge in [-0.1, -0.05) is 12.1 Å². The number of nitrogen functional groups attached to an aromatic ring is 1. The maximum atomic E-state index is 10.2. The number of anilines is 2. The molecule has 3 rings (SSSR count). The van der Waals surface area contributed by atoms with E-state index in [0.29, 0.717) is 17.1 Å². The van der Waals surface area contributed by atoms with Gasteiger partial charge in [0.05, 0.1) is 17.0 Å². The van der Waals surface area contributed by atoms with Crippen molar-refractivity contribution in [3.63, 3.8) is 0 Å². The molecule has 0 aliphatic carbocycles. The van der Waals surface area contributed by atoms with E-state index >= 15 is 0 Å². The molecule has 1 fully saturated rings. The van der Waals surface area contributed by atoms with E-state index in [1.807, 2.05) is 26.0 Å². The summed E-state index contributed by atoms with van der Waals surface area (Å²) in [7, 11) is 0. The summed E-state index contributed by atoms with van der Waals surface area (Å²) >= 11 is 0. The lowest BCUT2D eigenvalue weighted by Crippen LogP contribution is -2.42. The molecule has 0 bridgehead atoms. The molecule has 2 heterocycles. The molecule has 2 aromatic rings. The Morgan fingerprint density at radius 3 is 2.46 bits per heavy atom. The fourth-order valence-corrected chi connectivity index (χ4v) is 3.29. The number of phenolic OH excluding ortho intramolecular Hbond substituents is 1. The quantitative estimate of drug-likeness (QED) is 0.801. The number of aromatic nitrogens is 2. The van der Waals surface area contributed by atoms with Gasteiger partial charge in [-0.25, -0.2) is 0 Å². The zero-order valence-corrected chi connectivity index (χ0v) is 14.1. The Balaban J connectivity index is 1.85. The van der Waals surface area contributed by atoms with Crippen LogP contribution in [0.4, 0.5) is 11.5 Å². The first-order valence-corrected chi connectivity index (χ1v) is 8.25. The van der Waals surface area contributed by atoms with Crippen LogP contribution in [0.1, 0.15) is 26.7 Å². The summed E-state index contributed by atoms with van der Waals surface area (Å²) in [5, 5.41) is 28.4. The maximum absolute atomic E-state index is 10.2. The van der Waals surface area contributed by atoms with Crippen molar-refractivity contribution in [3.8, 4) is 17.0 Å². The minimum atomic E-state index is -0.658. The van der Waals surface area contributed by atoms with Gasteiger partial charge in [0.1, 0.15) is 5.75 Å². The first-order valence-electron chi connectivity index (χ1n) is 8.25. The van der Waals surface area contributed by atoms with Crippen LogP contribution in [0.3, 0.4) is 0 Å². The number of hydrogen-bond donors (Lipinski definition) is 3. The second-order valence-electron chi connectivity index (χ2n) is 6.93. The van der Waals surface area contributed by atoms with Crippen molar-refractivity contribution in [2.75, 3.05) is 23.7 Å². The molecule has 6 nitrogen and oxygen atoms in total. The summed E-state index contributed by atoms with van der Waals surface area (Å²) in [6.45, 7) is 5.35. The van der Waals surface area contributed by atoms with Crippen molar-refractivity contribution in [1.29, 1.82) is 0 Å². The molecule has 1 aliphatic heterocycles. The maximum Gasteiger partial charge on any atom is 0.169 e. The lowest BCUT2D eigenvalue weighted by atomic mass is 9.83. The Morgan fingerprint density at radius 2 is 1.83 bits per heavy atom. The molecule has 0 saturated carbocycles. The first kappa shape index (κ1) is 16.5. The summed E-state index contributed by atoms with van der Waals surface area (Å²) in [4.78, 5) is 2.18. The molecule has 0 unspecified atom stereocenters. The molecule has 4 N–H and O–H groups in total. The summed E-state index contributed by atoms with van der Waals surface area (Å²) in [5.41, 5.74) is 7.44. The molecule has 128 valence electrons. The van der Waals surface area contributed by atoms with E-state index in [4.69, 9.17) is 5.73 Å². The summed E-state index contributed by atoms with van der Waals surface area (Å²) in [6, 6.07) is 8.93. The standard InChI is InChI=1S/C18H24N4O2/c1-18(2,24)12-7-9-22(10-8-12)15-11-14(20-21-17(15)19)13-5-3-4-6-16(13)23/h3-6,11-12,23-24H,7-10H2,1-2H3,(H2,19,21). The predicted octanol–water partition coefficient (Wildman–Crippen LogP) is 2.42. The molecule has 1 aromatic carbocycles. The number of phenols is 1. The molecule has 0 amide bonds. The Kier molecular flexibility index (Phi) is 4.32. The Hall–Kier alpha value is -2.34. The molecule has 1 aromatic heterocycles. The van der Waals surface area contributed by atoms with Gasteiger partial charge in [-0.3, -0.25) is 0 Å². The highest BCUT2D eigenvalue weighted by atomic mass is 16.3. The number of nitrogens with two attached hydrogens (primary N) is 1. The topological polar surface area (TPSA) is 95.5 Å². The largest absolute Gasteiger partial charge is 0.507 e. The van der Waals surface area contributed by atoms with Crippen LogP contribution in [0.2, 0.25) is 0 Å². The number of para-hydroxylation sites is 1. The number of aromatic hydroxyl groups is 1. The third-order valence-corrected chi connectivity index (χ3v) is 4.82. The monoisotopic (exact) mass is 328 g/mol. The molecule has 0 spiro atoms. The van der Waals surface area contributed by atoms with E-state index in [0.717, 1.165) is 31.6 Å². The van der Waals surface area contributed by atoms with Crippen LogP contribution in [0.5, 0.6) is 5.75 Å². The van der Waals surface area contributed by atoms with Gasteiger partial charge >= 0.3 is 0 Å². The van der Waals surface area contributed by atoms with Crippen LogP contribution in [-0.2, 0) is 0 Å². The Morgan fingerprint density at radius 1 is 1.17 bits per heavy atom. The van der Waals surface area contributed by atoms with Crippen molar-refractivity contribution in [2.45, 2.75) is 32.3 Å². The van der Waals surface area contributed by atoms with Gasteiger partial charge in [-0.05, 0) is 50.8 Å². The van der Waals surface area contributed by atoms with Crippen LogP contribution in [-0.4, -0.2) is 39.1 Å². The highest BCUT2D eigenvalue weighted by Crippen LogP contribution is 2.34. The van der Waals surface area contributed by atoms with Gasteiger partial charge in [0.25, 0.3) is 0 Å². The van der Waals surface area contributed by atoms with Gasteiger partial charge in [-0.2, -0.15) is 0 Å². The fourth-order valence-electron chi connectivity index (χ4n) is 3.29. The molecule has 1 aliphatic rings. The average molecular weight is 328 g/mol. The second kappa shape index (κ2) is 6.28. The Labute approximate surface area is 141 Å². The molecular weight excluding hydrogens is 304 g/mol. The van der Waals surface area contributed by atoms with E-state index in [-0.39, 0.29) is 11.7 Å². The number of rotatable bonds is 3. The second-order valence-corrected chi connectivity index (χ2v) is 6.93. The molecule has 6 heteroatoms. The lowest BCUT2D eigenvalue weighted by Gasteiger charge is -2.38. The van der Waals surface area contributed by atoms with Crippen LogP contribution in [0.15, 0.2) is 30.3 Å². The van der Waals surface area contributed by atoms with Gasteiger partial charge in [0.2, 0.25) is 0 Å². The van der Waals surface area contributed by atoms with Crippen LogP contribution >= 0.6 is 0 Å². The van der Waals surface area contributed by atoms with Gasteiger partial charge in [-0.15, -0.1) is 10.2 Å². The summed E-state index contributed by atoms with van der Waals surface area (Å²) in [6.07, 6.45) is 1.80. The molecule has 0 radical (unpaired) electrons. The number of benzene rings is 1. The zero-order chi connectivity index (χ0) is 17.3. The van der Waals surface area contributed by atoms with Crippen molar-refractivity contribution >= 4 is 11.5 Å². The Bertz CT molecular complexity index is 719. The van der Waals surface area contributed by atoms with Crippen LogP contribution < -0.4 is 10.6 Å². The highest BCUT2D eigenvalue weighted by molar-refractivity contribution is 5.74. The van der Waals surface area contributed by atoms with E-state index in [1.54, 1.807) is 18.2 Å².